The topological polar surface area (TPSA) is 90.2 Å². The number of amides is 1. The van der Waals surface area contributed by atoms with Gasteiger partial charge in [-0.05, 0) is 44.9 Å². The molecule has 3 aromatic rings. The number of ether oxygens (including phenoxy) is 1. The molecule has 0 spiro atoms. The molecule has 2 aromatic heterocycles. The number of carbonyl (C=O) groups is 2. The molecule has 1 fully saturated rings. The molecule has 0 radical (unpaired) electrons. The fourth-order valence-corrected chi connectivity index (χ4v) is 3.64. The van der Waals surface area contributed by atoms with E-state index in [1.54, 1.807) is 36.8 Å². The maximum atomic E-state index is 13.4. The highest BCUT2D eigenvalue weighted by Gasteiger charge is 2.32. The molecule has 1 aliphatic heterocycles. The van der Waals surface area contributed by atoms with Gasteiger partial charge in [-0.15, -0.1) is 0 Å². The number of piperidine rings is 1. The molecule has 8 nitrogen and oxygen atoms in total. The molecule has 0 saturated carbocycles. The van der Waals surface area contributed by atoms with Gasteiger partial charge in [0.25, 0.3) is 5.91 Å². The van der Waals surface area contributed by atoms with Gasteiger partial charge < -0.3 is 9.64 Å². The number of carbonyl (C=O) groups excluding carboxylic acids is 2. The molecular weight excluding hydrogens is 382 g/mol. The van der Waals surface area contributed by atoms with Crippen LogP contribution < -0.4 is 4.74 Å². The Morgan fingerprint density at radius 2 is 1.83 bits per heavy atom. The number of likely N-dealkylation sites (tertiary alicyclic amines) is 1. The Morgan fingerprint density at radius 3 is 2.60 bits per heavy atom. The van der Waals surface area contributed by atoms with E-state index in [1.807, 2.05) is 30.0 Å². The Morgan fingerprint density at radius 1 is 1.07 bits per heavy atom. The van der Waals surface area contributed by atoms with Gasteiger partial charge >= 0.3 is 0 Å². The number of Topliss-reactive ketones (excluding diaryl/α,β-unsaturated/α-hetero) is 1. The van der Waals surface area contributed by atoms with E-state index in [2.05, 4.69) is 15.2 Å². The standard InChI is InChI=1S/C22H23N5O3/c1-15-7-8-18(30-21-13-17(16(2)28)9-10-23-21)14-26(15)22(29)19-5-3-4-6-20(19)27-24-11-12-25-27/h3-6,9-13,15,18H,7-8,14H2,1-2H3/t15-,18-/m1/s1. The van der Waals surface area contributed by atoms with E-state index in [1.165, 1.54) is 11.7 Å². The second-order valence-corrected chi connectivity index (χ2v) is 7.40. The quantitative estimate of drug-likeness (QED) is 0.606. The first-order chi connectivity index (χ1) is 14.5. The third kappa shape index (κ3) is 4.07. The maximum Gasteiger partial charge on any atom is 0.256 e. The predicted molar refractivity (Wildman–Crippen MR) is 110 cm³/mol. The van der Waals surface area contributed by atoms with Crippen molar-refractivity contribution in [3.05, 3.63) is 66.1 Å². The zero-order valence-electron chi connectivity index (χ0n) is 16.9. The van der Waals surface area contributed by atoms with Crippen molar-refractivity contribution in [3.63, 3.8) is 0 Å². The van der Waals surface area contributed by atoms with Crippen molar-refractivity contribution >= 4 is 11.7 Å². The van der Waals surface area contributed by atoms with Crippen molar-refractivity contribution in [2.45, 2.75) is 38.8 Å². The summed E-state index contributed by atoms with van der Waals surface area (Å²) >= 11 is 0. The largest absolute Gasteiger partial charge is 0.472 e. The van der Waals surface area contributed by atoms with Gasteiger partial charge in [0.15, 0.2) is 5.78 Å². The minimum atomic E-state index is -0.199. The molecule has 30 heavy (non-hydrogen) atoms. The van der Waals surface area contributed by atoms with Crippen molar-refractivity contribution in [2.75, 3.05) is 6.54 Å². The molecule has 1 saturated heterocycles. The molecule has 3 heterocycles. The summed E-state index contributed by atoms with van der Waals surface area (Å²) in [5.74, 6) is 0.269. The third-order valence-electron chi connectivity index (χ3n) is 5.30. The van der Waals surface area contributed by atoms with E-state index >= 15 is 0 Å². The number of pyridine rings is 1. The molecule has 8 heteroatoms. The van der Waals surface area contributed by atoms with Crippen LogP contribution in [-0.2, 0) is 0 Å². The van der Waals surface area contributed by atoms with Crippen molar-refractivity contribution < 1.29 is 14.3 Å². The molecule has 1 aromatic carbocycles. The normalized spacial score (nSPS) is 18.8. The number of ketones is 1. The zero-order chi connectivity index (χ0) is 21.1. The molecule has 0 unspecified atom stereocenters. The van der Waals surface area contributed by atoms with Crippen LogP contribution in [0.5, 0.6) is 5.88 Å². The molecule has 0 bridgehead atoms. The van der Waals surface area contributed by atoms with Crippen molar-refractivity contribution in [3.8, 4) is 11.6 Å². The van der Waals surface area contributed by atoms with Gasteiger partial charge in [-0.25, -0.2) is 4.98 Å². The number of hydrogen-bond acceptors (Lipinski definition) is 6. The van der Waals surface area contributed by atoms with Crippen molar-refractivity contribution in [1.82, 2.24) is 24.9 Å². The highest BCUT2D eigenvalue weighted by Crippen LogP contribution is 2.25. The van der Waals surface area contributed by atoms with E-state index < -0.39 is 0 Å². The first kappa shape index (κ1) is 19.8. The van der Waals surface area contributed by atoms with Gasteiger partial charge in [0, 0.05) is 23.9 Å². The predicted octanol–water partition coefficient (Wildman–Crippen LogP) is 2.94. The molecule has 1 amide bonds. The highest BCUT2D eigenvalue weighted by molar-refractivity contribution is 5.98. The van der Waals surface area contributed by atoms with E-state index in [0.29, 0.717) is 29.2 Å². The van der Waals surface area contributed by atoms with Crippen LogP contribution in [0.4, 0.5) is 0 Å². The van der Waals surface area contributed by atoms with Gasteiger partial charge in [-0.2, -0.15) is 15.0 Å². The summed E-state index contributed by atoms with van der Waals surface area (Å²) in [4.78, 5) is 32.5. The average molecular weight is 405 g/mol. The third-order valence-corrected chi connectivity index (χ3v) is 5.30. The van der Waals surface area contributed by atoms with Crippen LogP contribution in [0.3, 0.4) is 0 Å². The first-order valence-electron chi connectivity index (χ1n) is 9.93. The van der Waals surface area contributed by atoms with Crippen molar-refractivity contribution in [2.24, 2.45) is 0 Å². The van der Waals surface area contributed by atoms with Crippen LogP contribution in [0.2, 0.25) is 0 Å². The van der Waals surface area contributed by atoms with Crippen molar-refractivity contribution in [1.29, 1.82) is 0 Å². The Kier molecular flexibility index (Phi) is 5.56. The second-order valence-electron chi connectivity index (χ2n) is 7.40. The second kappa shape index (κ2) is 8.44. The number of benzene rings is 1. The van der Waals surface area contributed by atoms with Crippen LogP contribution in [-0.4, -0.2) is 55.3 Å². The fraction of sp³-hybridized carbons (Fsp3) is 0.318. The van der Waals surface area contributed by atoms with Crippen LogP contribution in [0.25, 0.3) is 5.69 Å². The van der Waals surface area contributed by atoms with Gasteiger partial charge in [-0.3, -0.25) is 9.59 Å². The molecule has 0 N–H and O–H groups in total. The maximum absolute atomic E-state index is 13.4. The molecular formula is C22H23N5O3. The van der Waals surface area contributed by atoms with Crippen LogP contribution in [0, 0.1) is 0 Å². The number of hydrogen-bond donors (Lipinski definition) is 0. The van der Waals surface area contributed by atoms with Gasteiger partial charge in [0.05, 0.1) is 30.2 Å². The summed E-state index contributed by atoms with van der Waals surface area (Å²) in [6.45, 7) is 3.98. The SMILES string of the molecule is CC(=O)c1ccnc(O[C@@H]2CC[C@@H](C)N(C(=O)c3ccccc3-n3nccn3)C2)c1. The summed E-state index contributed by atoms with van der Waals surface area (Å²) in [5, 5.41) is 8.32. The number of aromatic nitrogens is 4. The molecule has 0 aliphatic carbocycles. The van der Waals surface area contributed by atoms with Crippen LogP contribution in [0.15, 0.2) is 55.0 Å². The minimum absolute atomic E-state index is 0.0415. The molecule has 1 aliphatic rings. The molecule has 4 rings (SSSR count). The zero-order valence-corrected chi connectivity index (χ0v) is 16.9. The van der Waals surface area contributed by atoms with E-state index in [9.17, 15) is 9.59 Å². The summed E-state index contributed by atoms with van der Waals surface area (Å²) in [5.41, 5.74) is 1.73. The smallest absolute Gasteiger partial charge is 0.256 e. The number of nitrogens with zero attached hydrogens (tertiary/aromatic N) is 5. The summed E-state index contributed by atoms with van der Waals surface area (Å²) in [6.07, 6.45) is 6.14. The lowest BCUT2D eigenvalue weighted by atomic mass is 9.99. The lowest BCUT2D eigenvalue weighted by Crippen LogP contribution is -2.49. The van der Waals surface area contributed by atoms with Gasteiger partial charge in [0.1, 0.15) is 6.10 Å². The monoisotopic (exact) mass is 405 g/mol. The van der Waals surface area contributed by atoms with Crippen LogP contribution in [0.1, 0.15) is 47.4 Å². The van der Waals surface area contributed by atoms with Gasteiger partial charge in [-0.1, -0.05) is 12.1 Å². The number of rotatable bonds is 5. The van der Waals surface area contributed by atoms with E-state index in [-0.39, 0.29) is 23.8 Å². The summed E-state index contributed by atoms with van der Waals surface area (Å²) < 4.78 is 6.03. The van der Waals surface area contributed by atoms with E-state index in [4.69, 9.17) is 4.74 Å². The highest BCUT2D eigenvalue weighted by atomic mass is 16.5. The van der Waals surface area contributed by atoms with Gasteiger partial charge in [0.2, 0.25) is 5.88 Å². The summed E-state index contributed by atoms with van der Waals surface area (Å²) in [7, 11) is 0. The summed E-state index contributed by atoms with van der Waals surface area (Å²) in [6, 6.07) is 10.7. The first-order valence-corrected chi connectivity index (χ1v) is 9.93. The van der Waals surface area contributed by atoms with E-state index in [0.717, 1.165) is 12.8 Å². The lowest BCUT2D eigenvalue weighted by molar-refractivity contribution is 0.0372. The number of para-hydroxylation sites is 1. The van der Waals surface area contributed by atoms with Crippen LogP contribution >= 0.6 is 0 Å². The lowest BCUT2D eigenvalue weighted by Gasteiger charge is -2.38. The Bertz CT molecular complexity index is 1050. The Hall–Kier alpha value is -3.55. The Labute approximate surface area is 174 Å². The molecule has 2 atom stereocenters. The molecule has 154 valence electrons. The minimum Gasteiger partial charge on any atom is -0.472 e. The average Bonchev–Trinajstić information content (AvgIpc) is 3.29. The fourth-order valence-electron chi connectivity index (χ4n) is 3.64. The Balaban J connectivity index is 1.54.